The topological polar surface area (TPSA) is 98.1 Å². The van der Waals surface area contributed by atoms with Gasteiger partial charge >= 0.3 is 0 Å². The molecule has 1 aliphatic rings. The number of hydrogen-bond acceptors (Lipinski definition) is 2. The van der Waals surface area contributed by atoms with Crippen molar-refractivity contribution in [2.45, 2.75) is 0 Å². The van der Waals surface area contributed by atoms with Crippen LogP contribution in [-0.4, -0.2) is 48.8 Å². The number of quaternary nitrogens is 1. The first kappa shape index (κ1) is 12.5. The van der Waals surface area contributed by atoms with Crippen LogP contribution in [0.3, 0.4) is 0 Å². The van der Waals surface area contributed by atoms with Crippen LogP contribution < -0.4 is 5.32 Å². The number of rotatable bonds is 0. The molecule has 1 fully saturated rings. The molecule has 1 aliphatic heterocycles. The lowest BCUT2D eigenvalue weighted by Gasteiger charge is -2.41. The van der Waals surface area contributed by atoms with Crippen molar-refractivity contribution in [3.8, 4) is 0 Å². The zero-order valence-electron chi connectivity index (χ0n) is 6.18. The highest BCUT2D eigenvalue weighted by molar-refractivity contribution is 4.54. The fourth-order valence-corrected chi connectivity index (χ4v) is 0.868. The van der Waals surface area contributed by atoms with Gasteiger partial charge in [-0.25, -0.2) is 0 Å². The van der Waals surface area contributed by atoms with Gasteiger partial charge < -0.3 is 26.1 Å². The standard InChI is InChI=1S/C5H12N2O.2H2O/c1-7(8)4-2-6-3-5-7;;/h6H,2-5H2,1H3;2*1H2. The maximum absolute atomic E-state index is 11.0. The number of nitrogens with zero attached hydrogens (tertiary/aromatic N) is 1. The summed E-state index contributed by atoms with van der Waals surface area (Å²) in [4.78, 5) is 0. The maximum Gasteiger partial charge on any atom is 0.0909 e. The largest absolute Gasteiger partial charge is 0.633 e. The Morgan fingerprint density at radius 3 is 1.80 bits per heavy atom. The Morgan fingerprint density at radius 2 is 1.60 bits per heavy atom. The van der Waals surface area contributed by atoms with Crippen molar-refractivity contribution in [3.05, 3.63) is 5.21 Å². The number of hydrogen-bond donors (Lipinski definition) is 1. The minimum atomic E-state index is -0.0625. The lowest BCUT2D eigenvalue weighted by molar-refractivity contribution is -0.862. The predicted molar refractivity (Wildman–Crippen MR) is 39.4 cm³/mol. The highest BCUT2D eigenvalue weighted by Crippen LogP contribution is 1.98. The molecule has 0 spiro atoms. The van der Waals surface area contributed by atoms with Crippen LogP contribution in [0.15, 0.2) is 0 Å². The summed E-state index contributed by atoms with van der Waals surface area (Å²) in [5, 5.41) is 14.1. The van der Waals surface area contributed by atoms with Gasteiger partial charge in [-0.15, -0.1) is 0 Å². The molecule has 5 nitrogen and oxygen atoms in total. The molecule has 0 atom stereocenters. The number of likely N-dealkylation sites (N-methyl/N-ethyl adjacent to an activating group) is 1. The van der Waals surface area contributed by atoms with E-state index in [4.69, 9.17) is 0 Å². The van der Waals surface area contributed by atoms with E-state index in [1.54, 1.807) is 7.05 Å². The Bertz CT molecular complexity index is 79.0. The van der Waals surface area contributed by atoms with E-state index in [-0.39, 0.29) is 15.6 Å². The first-order valence-corrected chi connectivity index (χ1v) is 2.97. The van der Waals surface area contributed by atoms with Gasteiger partial charge in [-0.3, -0.25) is 0 Å². The Hall–Kier alpha value is -0.200. The monoisotopic (exact) mass is 152 g/mol. The smallest absolute Gasteiger partial charge is 0.0909 e. The van der Waals surface area contributed by atoms with Gasteiger partial charge in [0.25, 0.3) is 0 Å². The van der Waals surface area contributed by atoms with E-state index in [9.17, 15) is 5.21 Å². The average Bonchev–Trinajstić information content (AvgIpc) is 1.65. The van der Waals surface area contributed by atoms with E-state index in [1.807, 2.05) is 0 Å². The lowest BCUT2D eigenvalue weighted by Crippen LogP contribution is -2.51. The third-order valence-corrected chi connectivity index (χ3v) is 1.52. The van der Waals surface area contributed by atoms with Crippen LogP contribution in [0.25, 0.3) is 0 Å². The summed E-state index contributed by atoms with van der Waals surface area (Å²) in [5.41, 5.74) is 0. The molecule has 10 heavy (non-hydrogen) atoms. The molecule has 0 saturated carbocycles. The van der Waals surface area contributed by atoms with Crippen molar-refractivity contribution in [1.82, 2.24) is 5.32 Å². The van der Waals surface area contributed by atoms with Gasteiger partial charge in [0.15, 0.2) is 0 Å². The second kappa shape index (κ2) is 4.59. The van der Waals surface area contributed by atoms with Gasteiger partial charge in [-0.2, -0.15) is 0 Å². The molecule has 0 aromatic rings. The van der Waals surface area contributed by atoms with Crippen LogP contribution in [0.4, 0.5) is 0 Å². The minimum absolute atomic E-state index is 0. The molecule has 0 unspecified atom stereocenters. The van der Waals surface area contributed by atoms with Crippen molar-refractivity contribution in [3.63, 3.8) is 0 Å². The quantitative estimate of drug-likeness (QED) is 0.317. The molecule has 0 aromatic carbocycles. The Morgan fingerprint density at radius 1 is 1.20 bits per heavy atom. The zero-order chi connectivity index (χ0) is 6.04. The molecule has 0 aliphatic carbocycles. The van der Waals surface area contributed by atoms with Crippen LogP contribution in [0.2, 0.25) is 0 Å². The number of hydroxylamine groups is 3. The molecule has 0 radical (unpaired) electrons. The van der Waals surface area contributed by atoms with Crippen molar-refractivity contribution in [1.29, 1.82) is 0 Å². The summed E-state index contributed by atoms with van der Waals surface area (Å²) in [5.74, 6) is 0. The second-order valence-electron chi connectivity index (χ2n) is 2.49. The second-order valence-corrected chi connectivity index (χ2v) is 2.49. The molecule has 1 heterocycles. The molecule has 5 heteroatoms. The molecule has 1 rings (SSSR count). The molecule has 0 bridgehead atoms. The Labute approximate surface area is 60.4 Å². The SMILES string of the molecule is C[N+]1([O-])CCNCC1.O.O. The molecule has 0 aromatic heterocycles. The Kier molecular flexibility index (Phi) is 5.73. The van der Waals surface area contributed by atoms with Crippen LogP contribution in [0, 0.1) is 5.21 Å². The Balaban J connectivity index is 0. The fourth-order valence-electron chi connectivity index (χ4n) is 0.868. The lowest BCUT2D eigenvalue weighted by atomic mass is 10.4. The molecule has 1 saturated heterocycles. The van der Waals surface area contributed by atoms with E-state index in [0.29, 0.717) is 0 Å². The number of piperazine rings is 1. The highest BCUT2D eigenvalue weighted by atomic mass is 16.5. The van der Waals surface area contributed by atoms with E-state index in [1.165, 1.54) is 0 Å². The van der Waals surface area contributed by atoms with Gasteiger partial charge in [0.1, 0.15) is 0 Å². The van der Waals surface area contributed by atoms with Crippen LogP contribution >= 0.6 is 0 Å². The highest BCUT2D eigenvalue weighted by Gasteiger charge is 2.12. The van der Waals surface area contributed by atoms with E-state index >= 15 is 0 Å². The third-order valence-electron chi connectivity index (χ3n) is 1.52. The van der Waals surface area contributed by atoms with Crippen LogP contribution in [0.5, 0.6) is 0 Å². The van der Waals surface area contributed by atoms with Crippen LogP contribution in [-0.2, 0) is 0 Å². The summed E-state index contributed by atoms with van der Waals surface area (Å²) < 4.78 is -0.0625. The third kappa shape index (κ3) is 3.76. The first-order chi connectivity index (χ1) is 3.71. The average molecular weight is 152 g/mol. The van der Waals surface area contributed by atoms with Crippen molar-refractivity contribution >= 4 is 0 Å². The normalized spacial score (nSPS) is 22.2. The minimum Gasteiger partial charge on any atom is -0.633 e. The molecular formula is C5H16N2O3. The summed E-state index contributed by atoms with van der Waals surface area (Å²) in [6.07, 6.45) is 0. The van der Waals surface area contributed by atoms with E-state index < -0.39 is 0 Å². The first-order valence-electron chi connectivity index (χ1n) is 2.97. The maximum atomic E-state index is 11.0. The molecular weight excluding hydrogens is 136 g/mol. The van der Waals surface area contributed by atoms with Gasteiger partial charge in [0.05, 0.1) is 20.1 Å². The summed E-state index contributed by atoms with van der Waals surface area (Å²) in [6.45, 7) is 3.19. The molecule has 64 valence electrons. The van der Waals surface area contributed by atoms with Gasteiger partial charge in [-0.05, 0) is 0 Å². The predicted octanol–water partition coefficient (Wildman–Crippen LogP) is -2.12. The summed E-state index contributed by atoms with van der Waals surface area (Å²) >= 11 is 0. The van der Waals surface area contributed by atoms with Gasteiger partial charge in [0.2, 0.25) is 0 Å². The van der Waals surface area contributed by atoms with E-state index in [2.05, 4.69) is 5.32 Å². The van der Waals surface area contributed by atoms with Crippen molar-refractivity contribution < 1.29 is 15.6 Å². The summed E-state index contributed by atoms with van der Waals surface area (Å²) in [6, 6.07) is 0. The van der Waals surface area contributed by atoms with Crippen LogP contribution in [0.1, 0.15) is 0 Å². The summed E-state index contributed by atoms with van der Waals surface area (Å²) in [7, 11) is 1.72. The zero-order valence-corrected chi connectivity index (χ0v) is 6.18. The van der Waals surface area contributed by atoms with Gasteiger partial charge in [-0.1, -0.05) is 0 Å². The van der Waals surface area contributed by atoms with Crippen molar-refractivity contribution in [2.24, 2.45) is 0 Å². The van der Waals surface area contributed by atoms with Crippen molar-refractivity contribution in [2.75, 3.05) is 33.2 Å². The van der Waals surface area contributed by atoms with Gasteiger partial charge in [0, 0.05) is 13.1 Å². The fraction of sp³-hybridized carbons (Fsp3) is 1.00. The van der Waals surface area contributed by atoms with E-state index in [0.717, 1.165) is 26.2 Å². The molecule has 5 N–H and O–H groups in total. The molecule has 0 amide bonds. The number of nitrogens with one attached hydrogen (secondary N) is 1.